The van der Waals surface area contributed by atoms with Gasteiger partial charge in [-0.2, -0.15) is 0 Å². The number of carbonyl (C=O) groups excluding carboxylic acids is 4. The summed E-state index contributed by atoms with van der Waals surface area (Å²) in [5, 5.41) is 3.18. The van der Waals surface area contributed by atoms with Crippen LogP contribution in [0.15, 0.2) is 188 Å². The molecular formula is C56H50N2O8. The van der Waals surface area contributed by atoms with Crippen molar-refractivity contribution in [2.75, 3.05) is 13.1 Å². The number of esters is 2. The van der Waals surface area contributed by atoms with Crippen LogP contribution in [0.3, 0.4) is 0 Å². The summed E-state index contributed by atoms with van der Waals surface area (Å²) in [5.41, 5.74) is 4.87. The highest BCUT2D eigenvalue weighted by atomic mass is 16.5. The number of benzene rings is 7. The minimum Gasteiger partial charge on any atom is -0.489 e. The largest absolute Gasteiger partial charge is 0.489 e. The summed E-state index contributed by atoms with van der Waals surface area (Å²) in [4.78, 5) is 58.0. The zero-order chi connectivity index (χ0) is 45.5. The van der Waals surface area contributed by atoms with Gasteiger partial charge in [0.05, 0.1) is 22.7 Å². The molecule has 1 N–H and O–H groups in total. The average Bonchev–Trinajstić information content (AvgIpc) is 3.55. The average molecular weight is 879 g/mol. The second-order valence-electron chi connectivity index (χ2n) is 16.1. The number of ether oxygens (including phenoxy) is 4. The van der Waals surface area contributed by atoms with Gasteiger partial charge in [-0.3, -0.25) is 14.5 Å². The van der Waals surface area contributed by atoms with E-state index in [4.69, 9.17) is 18.9 Å². The van der Waals surface area contributed by atoms with E-state index in [9.17, 15) is 19.2 Å². The smallest absolute Gasteiger partial charge is 0.339 e. The summed E-state index contributed by atoms with van der Waals surface area (Å²) in [6.07, 6.45) is 0.614. The van der Waals surface area contributed by atoms with Gasteiger partial charge in [-0.15, -0.1) is 0 Å². The molecule has 2 unspecified atom stereocenters. The molecule has 10 nitrogen and oxygen atoms in total. The standard InChI is InChI=1S/C56H50N2O8/c59-53(52-48(56(62)65-39-43-21-11-4-12-22-43)23-13-24-51(52)64-38-42-19-9-3-10-20-42)44-26-28-46(29-27-44)55(61)66-50-25-14-34-58(35-40-15-5-1-6-16-40)36-49(50)57-54(60)45-30-32-47(33-31-45)63-37-41-17-7-2-8-18-41/h1-13,15-24,26-33,49-50H,14,25,34-39H2,(H,57,60). The van der Waals surface area contributed by atoms with Gasteiger partial charge in [-0.25, -0.2) is 9.59 Å². The molecule has 66 heavy (non-hydrogen) atoms. The van der Waals surface area contributed by atoms with Crippen molar-refractivity contribution in [2.24, 2.45) is 0 Å². The Morgan fingerprint density at radius 3 is 1.70 bits per heavy atom. The number of likely N-dealkylation sites (tertiary alicyclic amines) is 1. The molecule has 1 heterocycles. The van der Waals surface area contributed by atoms with Crippen LogP contribution < -0.4 is 14.8 Å². The van der Waals surface area contributed by atoms with Gasteiger partial charge >= 0.3 is 11.9 Å². The summed E-state index contributed by atoms with van der Waals surface area (Å²) < 4.78 is 24.0. The van der Waals surface area contributed by atoms with Crippen LogP contribution >= 0.6 is 0 Å². The maximum Gasteiger partial charge on any atom is 0.339 e. The van der Waals surface area contributed by atoms with Gasteiger partial charge in [0.25, 0.3) is 5.91 Å². The summed E-state index contributed by atoms with van der Waals surface area (Å²) in [6.45, 7) is 2.46. The summed E-state index contributed by atoms with van der Waals surface area (Å²) in [7, 11) is 0. The van der Waals surface area contributed by atoms with Gasteiger partial charge < -0.3 is 24.3 Å². The highest BCUT2D eigenvalue weighted by Gasteiger charge is 2.32. The topological polar surface area (TPSA) is 120 Å². The summed E-state index contributed by atoms with van der Waals surface area (Å²) in [5.74, 6) is -1.18. The second kappa shape index (κ2) is 22.2. The third kappa shape index (κ3) is 12.0. The second-order valence-corrected chi connectivity index (χ2v) is 16.1. The van der Waals surface area contributed by atoms with Crippen molar-refractivity contribution >= 4 is 23.6 Å². The SMILES string of the molecule is O=C(NC1CN(Cc2ccccc2)CCCC1OC(=O)c1ccc(C(=O)c2c(OCc3ccccc3)cccc2C(=O)OCc2ccccc2)cc1)c1ccc(OCc2ccccc2)cc1. The number of hydrogen-bond donors (Lipinski definition) is 1. The first kappa shape index (κ1) is 44.8. The first-order valence-electron chi connectivity index (χ1n) is 22.1. The van der Waals surface area contributed by atoms with Gasteiger partial charge in [0.15, 0.2) is 5.78 Å². The Morgan fingerprint density at radius 2 is 1.08 bits per heavy atom. The van der Waals surface area contributed by atoms with E-state index in [1.807, 2.05) is 109 Å². The Hall–Kier alpha value is -7.82. The molecule has 1 aliphatic rings. The van der Waals surface area contributed by atoms with E-state index in [0.717, 1.165) is 35.2 Å². The predicted octanol–water partition coefficient (Wildman–Crippen LogP) is 10.1. The quantitative estimate of drug-likeness (QED) is 0.0704. The van der Waals surface area contributed by atoms with Crippen molar-refractivity contribution in [1.82, 2.24) is 10.2 Å². The van der Waals surface area contributed by atoms with Crippen LogP contribution in [0.5, 0.6) is 11.5 Å². The number of amides is 1. The third-order valence-electron chi connectivity index (χ3n) is 11.4. The van der Waals surface area contributed by atoms with Gasteiger partial charge in [0.1, 0.15) is 37.4 Å². The molecule has 0 spiro atoms. The summed E-state index contributed by atoms with van der Waals surface area (Å²) >= 11 is 0. The van der Waals surface area contributed by atoms with E-state index in [-0.39, 0.29) is 47.1 Å². The lowest BCUT2D eigenvalue weighted by atomic mass is 9.96. The van der Waals surface area contributed by atoms with Crippen LogP contribution in [0.2, 0.25) is 0 Å². The van der Waals surface area contributed by atoms with E-state index in [0.29, 0.717) is 37.4 Å². The highest BCUT2D eigenvalue weighted by molar-refractivity contribution is 6.16. The molecule has 7 aromatic rings. The molecule has 8 rings (SSSR count). The minimum absolute atomic E-state index is 0.0217. The Bertz CT molecular complexity index is 2700. The molecule has 1 saturated heterocycles. The molecule has 0 bridgehead atoms. The fraction of sp³-hybridized carbons (Fsp3) is 0.179. The Morgan fingerprint density at radius 1 is 0.530 bits per heavy atom. The molecule has 0 saturated carbocycles. The van der Waals surface area contributed by atoms with Crippen LogP contribution in [0.4, 0.5) is 0 Å². The Balaban J connectivity index is 0.981. The Labute approximate surface area is 384 Å². The van der Waals surface area contributed by atoms with Crippen molar-refractivity contribution in [3.63, 3.8) is 0 Å². The molecule has 332 valence electrons. The predicted molar refractivity (Wildman–Crippen MR) is 251 cm³/mol. The van der Waals surface area contributed by atoms with Gasteiger partial charge in [0.2, 0.25) is 0 Å². The number of hydrogen-bond acceptors (Lipinski definition) is 9. The third-order valence-corrected chi connectivity index (χ3v) is 11.4. The van der Waals surface area contributed by atoms with Crippen molar-refractivity contribution < 1.29 is 38.1 Å². The minimum atomic E-state index is -0.676. The van der Waals surface area contributed by atoms with Crippen molar-refractivity contribution in [3.05, 3.63) is 238 Å². The molecule has 1 aliphatic heterocycles. The summed E-state index contributed by atoms with van der Waals surface area (Å²) in [6, 6.07) is 56.2. The fourth-order valence-corrected chi connectivity index (χ4v) is 7.86. The van der Waals surface area contributed by atoms with E-state index in [1.54, 1.807) is 42.5 Å². The molecule has 2 atom stereocenters. The van der Waals surface area contributed by atoms with Crippen molar-refractivity contribution in [3.8, 4) is 11.5 Å². The number of rotatable bonds is 17. The molecule has 10 heteroatoms. The van der Waals surface area contributed by atoms with E-state index < -0.39 is 29.9 Å². The lowest BCUT2D eigenvalue weighted by Crippen LogP contribution is -2.50. The lowest BCUT2D eigenvalue weighted by molar-refractivity contribution is 0.0175. The lowest BCUT2D eigenvalue weighted by Gasteiger charge is -2.29. The van der Waals surface area contributed by atoms with Crippen LogP contribution in [-0.4, -0.2) is 53.8 Å². The molecule has 7 aromatic carbocycles. The molecule has 0 aliphatic carbocycles. The maximum absolute atomic E-state index is 14.4. The fourth-order valence-electron chi connectivity index (χ4n) is 7.86. The van der Waals surface area contributed by atoms with Crippen LogP contribution in [0, 0.1) is 0 Å². The monoisotopic (exact) mass is 878 g/mol. The molecule has 0 aromatic heterocycles. The molecule has 1 fully saturated rings. The Kier molecular flexibility index (Phi) is 15.1. The zero-order valence-corrected chi connectivity index (χ0v) is 36.4. The molecule has 0 radical (unpaired) electrons. The number of carbonyl (C=O) groups is 4. The van der Waals surface area contributed by atoms with Crippen molar-refractivity contribution in [2.45, 2.75) is 51.4 Å². The number of nitrogens with zero attached hydrogens (tertiary/aromatic N) is 1. The van der Waals surface area contributed by atoms with Crippen LogP contribution in [-0.2, 0) is 35.8 Å². The van der Waals surface area contributed by atoms with E-state index in [2.05, 4.69) is 22.3 Å². The first-order chi connectivity index (χ1) is 32.4. The maximum atomic E-state index is 14.4. The van der Waals surface area contributed by atoms with Crippen LogP contribution in [0.25, 0.3) is 0 Å². The van der Waals surface area contributed by atoms with Crippen molar-refractivity contribution in [1.29, 1.82) is 0 Å². The molecule has 1 amide bonds. The number of ketones is 1. The van der Waals surface area contributed by atoms with Crippen LogP contribution in [0.1, 0.15) is 82.1 Å². The molecular weight excluding hydrogens is 829 g/mol. The normalized spacial score (nSPS) is 14.8. The van der Waals surface area contributed by atoms with Gasteiger partial charge in [0, 0.05) is 24.2 Å². The highest BCUT2D eigenvalue weighted by Crippen LogP contribution is 2.29. The zero-order valence-electron chi connectivity index (χ0n) is 36.4. The number of nitrogens with one attached hydrogen (secondary N) is 1. The van der Waals surface area contributed by atoms with Gasteiger partial charge in [-0.1, -0.05) is 140 Å². The van der Waals surface area contributed by atoms with Gasteiger partial charge in [-0.05, 0) is 90.2 Å². The van der Waals surface area contributed by atoms with E-state index in [1.165, 1.54) is 24.3 Å². The van der Waals surface area contributed by atoms with E-state index >= 15 is 0 Å². The first-order valence-corrected chi connectivity index (χ1v) is 22.1.